The van der Waals surface area contributed by atoms with Gasteiger partial charge in [0.05, 0.1) is 26.9 Å². The first-order valence-corrected chi connectivity index (χ1v) is 14.2. The lowest BCUT2D eigenvalue weighted by molar-refractivity contribution is -0.146. The van der Waals surface area contributed by atoms with Crippen LogP contribution in [-0.2, 0) is 19.7 Å². The number of anilines is 1. The van der Waals surface area contributed by atoms with Crippen LogP contribution in [0, 0.1) is 6.92 Å². The summed E-state index contributed by atoms with van der Waals surface area (Å²) in [6.45, 7) is 6.06. The van der Waals surface area contributed by atoms with Crippen LogP contribution in [0.15, 0.2) is 78.9 Å². The molecule has 3 aromatic carbocycles. The smallest absolute Gasteiger partial charge is 0.412 e. The molecule has 1 aliphatic carbocycles. The van der Waals surface area contributed by atoms with Crippen molar-refractivity contribution in [3.8, 4) is 21.6 Å². The molecule has 7 heteroatoms. The summed E-state index contributed by atoms with van der Waals surface area (Å²) in [6, 6.07) is 25.7. The molecular formula is C32H30ClNO4S. The van der Waals surface area contributed by atoms with Crippen LogP contribution in [0.3, 0.4) is 0 Å². The Morgan fingerprint density at radius 2 is 1.67 bits per heavy atom. The Balaban J connectivity index is 1.39. The topological polar surface area (TPSA) is 64.6 Å². The van der Waals surface area contributed by atoms with E-state index in [-0.39, 0.29) is 5.97 Å². The molecule has 1 fully saturated rings. The minimum atomic E-state index is -0.544. The Morgan fingerprint density at radius 3 is 2.33 bits per heavy atom. The summed E-state index contributed by atoms with van der Waals surface area (Å²) >= 11 is 7.83. The van der Waals surface area contributed by atoms with Crippen LogP contribution in [0.2, 0.25) is 4.34 Å². The van der Waals surface area contributed by atoms with Gasteiger partial charge in [-0.15, -0.1) is 11.3 Å². The van der Waals surface area contributed by atoms with Crippen molar-refractivity contribution in [2.45, 2.75) is 45.1 Å². The first-order valence-electron chi connectivity index (χ1n) is 13.0. The van der Waals surface area contributed by atoms with Gasteiger partial charge in [0.1, 0.15) is 6.10 Å². The van der Waals surface area contributed by atoms with Crippen molar-refractivity contribution in [3.63, 3.8) is 0 Å². The fourth-order valence-electron chi connectivity index (χ4n) is 4.97. The van der Waals surface area contributed by atoms with Crippen LogP contribution in [-0.4, -0.2) is 18.7 Å². The number of carbonyl (C=O) groups excluding carboxylic acids is 2. The summed E-state index contributed by atoms with van der Waals surface area (Å²) in [6.07, 6.45) is 0.669. The lowest BCUT2D eigenvalue weighted by Gasteiger charge is -2.17. The van der Waals surface area contributed by atoms with Gasteiger partial charge in [0.15, 0.2) is 0 Å². The third-order valence-electron chi connectivity index (χ3n) is 7.19. The summed E-state index contributed by atoms with van der Waals surface area (Å²) in [7, 11) is 0. The molecule has 0 saturated heterocycles. The summed E-state index contributed by atoms with van der Waals surface area (Å²) < 4.78 is 11.6. The van der Waals surface area contributed by atoms with Gasteiger partial charge < -0.3 is 9.47 Å². The average molecular weight is 560 g/mol. The van der Waals surface area contributed by atoms with E-state index in [0.717, 1.165) is 51.1 Å². The summed E-state index contributed by atoms with van der Waals surface area (Å²) in [5, 5.41) is 2.90. The van der Waals surface area contributed by atoms with Crippen molar-refractivity contribution in [3.05, 3.63) is 99.9 Å². The van der Waals surface area contributed by atoms with E-state index in [0.29, 0.717) is 16.6 Å². The Kier molecular flexibility index (Phi) is 7.78. The van der Waals surface area contributed by atoms with Crippen LogP contribution in [0.25, 0.3) is 21.6 Å². The molecular weight excluding hydrogens is 530 g/mol. The zero-order valence-corrected chi connectivity index (χ0v) is 23.7. The minimum absolute atomic E-state index is 0.147. The van der Waals surface area contributed by atoms with Gasteiger partial charge >= 0.3 is 12.1 Å². The number of aryl methyl sites for hydroxylation is 1. The van der Waals surface area contributed by atoms with Gasteiger partial charge in [-0.3, -0.25) is 10.1 Å². The molecule has 0 spiro atoms. The molecule has 4 aromatic rings. The normalized spacial score (nSPS) is 14.4. The van der Waals surface area contributed by atoms with Gasteiger partial charge in [0, 0.05) is 5.56 Å². The van der Waals surface area contributed by atoms with E-state index < -0.39 is 17.6 Å². The summed E-state index contributed by atoms with van der Waals surface area (Å²) in [5.41, 5.74) is 6.02. The number of hydrogen-bond donors (Lipinski definition) is 1. The fraction of sp³-hybridized carbons (Fsp3) is 0.250. The Hall–Kier alpha value is -3.61. The number of rotatable bonds is 8. The number of esters is 1. The van der Waals surface area contributed by atoms with Crippen molar-refractivity contribution < 1.29 is 19.1 Å². The van der Waals surface area contributed by atoms with E-state index in [4.69, 9.17) is 21.1 Å². The van der Waals surface area contributed by atoms with E-state index in [2.05, 4.69) is 5.32 Å². The molecule has 0 bridgehead atoms. The zero-order valence-electron chi connectivity index (χ0n) is 22.1. The first kappa shape index (κ1) is 27.0. The summed E-state index contributed by atoms with van der Waals surface area (Å²) in [4.78, 5) is 26.3. The maximum atomic E-state index is 12.9. The molecule has 5 nitrogen and oxygen atoms in total. The predicted molar refractivity (Wildman–Crippen MR) is 157 cm³/mol. The number of hydrogen-bond acceptors (Lipinski definition) is 5. The molecule has 1 amide bonds. The molecule has 5 rings (SSSR count). The molecule has 200 valence electrons. The Labute approximate surface area is 237 Å². The number of ether oxygens (including phenoxy) is 2. The Morgan fingerprint density at radius 1 is 1.00 bits per heavy atom. The largest absolute Gasteiger partial charge is 0.465 e. The standard InChI is InChI=1S/C32H30ClNO4S/c1-4-37-30(35)32(17-18-32)23-15-13-22(14-16-23)25-11-7-8-12-26(25)29-27(19-28(33)39-29)34-31(36)38-21(3)24-10-6-5-9-20(24)2/h5-16,19,21H,4,17-18H2,1-3H3,(H,34,36). The van der Waals surface area contributed by atoms with E-state index >= 15 is 0 Å². The number of benzene rings is 3. The van der Waals surface area contributed by atoms with Crippen molar-refractivity contribution in [1.82, 2.24) is 0 Å². The lowest BCUT2D eigenvalue weighted by Crippen LogP contribution is -2.23. The quantitative estimate of drug-likeness (QED) is 0.219. The fourth-order valence-corrected chi connectivity index (χ4v) is 6.19. The van der Waals surface area contributed by atoms with Crippen LogP contribution in [0.4, 0.5) is 10.5 Å². The molecule has 1 unspecified atom stereocenters. The third-order valence-corrected chi connectivity index (χ3v) is 8.48. The van der Waals surface area contributed by atoms with Gasteiger partial charge in [-0.1, -0.05) is 84.4 Å². The molecule has 1 aromatic heterocycles. The Bertz CT molecular complexity index is 1510. The average Bonchev–Trinajstić information content (AvgIpc) is 3.67. The number of carbonyl (C=O) groups is 2. The van der Waals surface area contributed by atoms with Crippen LogP contribution in [0.1, 0.15) is 49.5 Å². The van der Waals surface area contributed by atoms with Crippen LogP contribution in [0.5, 0.6) is 0 Å². The van der Waals surface area contributed by atoms with E-state index in [1.165, 1.54) is 11.3 Å². The molecule has 1 saturated carbocycles. The van der Waals surface area contributed by atoms with Crippen molar-refractivity contribution >= 4 is 40.7 Å². The van der Waals surface area contributed by atoms with Gasteiger partial charge in [-0.05, 0) is 67.5 Å². The number of nitrogens with one attached hydrogen (secondary N) is 1. The van der Waals surface area contributed by atoms with Gasteiger partial charge in [0.25, 0.3) is 0 Å². The zero-order chi connectivity index (χ0) is 27.6. The lowest BCUT2D eigenvalue weighted by atomic mass is 9.92. The van der Waals surface area contributed by atoms with Crippen LogP contribution >= 0.6 is 22.9 Å². The van der Waals surface area contributed by atoms with Gasteiger partial charge in [-0.2, -0.15) is 0 Å². The highest BCUT2D eigenvalue weighted by Crippen LogP contribution is 2.50. The third kappa shape index (κ3) is 5.58. The second-order valence-corrected chi connectivity index (χ2v) is 11.4. The number of thiophene rings is 1. The minimum Gasteiger partial charge on any atom is -0.465 e. The van der Waals surface area contributed by atoms with Crippen molar-refractivity contribution in [2.24, 2.45) is 0 Å². The molecule has 1 atom stereocenters. The number of halogens is 1. The monoisotopic (exact) mass is 559 g/mol. The van der Waals surface area contributed by atoms with E-state index in [1.54, 1.807) is 6.07 Å². The molecule has 39 heavy (non-hydrogen) atoms. The highest BCUT2D eigenvalue weighted by atomic mass is 35.5. The maximum Gasteiger partial charge on any atom is 0.412 e. The maximum absolute atomic E-state index is 12.9. The molecule has 0 radical (unpaired) electrons. The second kappa shape index (κ2) is 11.2. The first-order chi connectivity index (χ1) is 18.8. The van der Waals surface area contributed by atoms with E-state index in [1.807, 2.05) is 93.6 Å². The molecule has 1 heterocycles. The van der Waals surface area contributed by atoms with Crippen molar-refractivity contribution in [2.75, 3.05) is 11.9 Å². The second-order valence-electron chi connectivity index (χ2n) is 9.75. The SMILES string of the molecule is CCOC(=O)C1(c2ccc(-c3ccccc3-c3sc(Cl)cc3NC(=O)OC(C)c3ccccc3C)cc2)CC1. The predicted octanol–water partition coefficient (Wildman–Crippen LogP) is 8.95. The number of amides is 1. The molecule has 0 aliphatic heterocycles. The van der Waals surface area contributed by atoms with Crippen molar-refractivity contribution in [1.29, 1.82) is 0 Å². The summed E-state index contributed by atoms with van der Waals surface area (Å²) in [5.74, 6) is -0.147. The van der Waals surface area contributed by atoms with Gasteiger partial charge in [0.2, 0.25) is 0 Å². The van der Waals surface area contributed by atoms with Gasteiger partial charge in [-0.25, -0.2) is 4.79 Å². The molecule has 1 N–H and O–H groups in total. The molecule has 1 aliphatic rings. The van der Waals surface area contributed by atoms with E-state index in [9.17, 15) is 9.59 Å². The van der Waals surface area contributed by atoms with Crippen LogP contribution < -0.4 is 5.32 Å². The highest BCUT2D eigenvalue weighted by molar-refractivity contribution is 7.20. The highest BCUT2D eigenvalue weighted by Gasteiger charge is 2.52.